The molecule has 0 bridgehead atoms. The Morgan fingerprint density at radius 3 is 2.88 bits per heavy atom. The van der Waals surface area contributed by atoms with E-state index >= 15 is 0 Å². The number of ether oxygens (including phenoxy) is 1. The van der Waals surface area contributed by atoms with Crippen LogP contribution >= 0.6 is 0 Å². The van der Waals surface area contributed by atoms with Crippen molar-refractivity contribution in [3.63, 3.8) is 0 Å². The first-order valence-corrected chi connectivity index (χ1v) is 5.10. The maximum Gasteiger partial charge on any atom is 0.232 e. The molecule has 2 N–H and O–H groups in total. The fraction of sp³-hybridized carbons (Fsp3) is 0.500. The second-order valence-electron chi connectivity index (χ2n) is 3.72. The highest BCUT2D eigenvalue weighted by Gasteiger charge is 2.25. The molecule has 2 heterocycles. The summed E-state index contributed by atoms with van der Waals surface area (Å²) in [5.74, 6) is 0.727. The summed E-state index contributed by atoms with van der Waals surface area (Å²) in [6, 6.07) is 1.71. The zero-order valence-corrected chi connectivity index (χ0v) is 9.28. The Hall–Kier alpha value is -1.69. The van der Waals surface area contributed by atoms with E-state index in [1.807, 2.05) is 6.92 Å². The van der Waals surface area contributed by atoms with Crippen molar-refractivity contribution in [1.82, 2.24) is 15.3 Å². The van der Waals surface area contributed by atoms with Crippen molar-refractivity contribution in [3.8, 4) is 5.88 Å². The van der Waals surface area contributed by atoms with Gasteiger partial charge in [-0.05, 0) is 6.92 Å². The van der Waals surface area contributed by atoms with Crippen molar-refractivity contribution in [3.05, 3.63) is 11.8 Å². The topological polar surface area (TPSA) is 76.1 Å². The first-order chi connectivity index (χ1) is 7.69. The molecule has 1 saturated heterocycles. The zero-order valence-electron chi connectivity index (χ0n) is 9.28. The molecule has 0 spiro atoms. The number of anilines is 1. The number of carbonyl (C=O) groups is 1. The van der Waals surface area contributed by atoms with Gasteiger partial charge in [0.1, 0.15) is 0 Å². The van der Waals surface area contributed by atoms with Crippen molar-refractivity contribution in [2.75, 3.05) is 25.5 Å². The van der Waals surface area contributed by atoms with Gasteiger partial charge in [-0.25, -0.2) is 4.98 Å². The van der Waals surface area contributed by atoms with E-state index in [2.05, 4.69) is 20.6 Å². The molecule has 1 amide bonds. The highest BCUT2D eigenvalue weighted by Crippen LogP contribution is 2.12. The number of hydrogen-bond donors (Lipinski definition) is 2. The molecule has 6 nitrogen and oxygen atoms in total. The maximum atomic E-state index is 11.6. The highest BCUT2D eigenvalue weighted by molar-refractivity contribution is 5.91. The van der Waals surface area contributed by atoms with Gasteiger partial charge in [0.2, 0.25) is 17.7 Å². The first kappa shape index (κ1) is 10.8. The summed E-state index contributed by atoms with van der Waals surface area (Å²) in [6.07, 6.45) is 0. The third kappa shape index (κ3) is 2.27. The molecule has 1 aromatic heterocycles. The Morgan fingerprint density at radius 2 is 2.31 bits per heavy atom. The lowest BCUT2D eigenvalue weighted by Gasteiger charge is -2.25. The van der Waals surface area contributed by atoms with Crippen LogP contribution in [0.15, 0.2) is 6.07 Å². The van der Waals surface area contributed by atoms with Crippen LogP contribution in [0.5, 0.6) is 5.88 Å². The molecule has 0 radical (unpaired) electrons. The van der Waals surface area contributed by atoms with Crippen LogP contribution in [-0.2, 0) is 4.79 Å². The molecule has 0 saturated carbocycles. The zero-order chi connectivity index (χ0) is 11.5. The van der Waals surface area contributed by atoms with Gasteiger partial charge >= 0.3 is 0 Å². The van der Waals surface area contributed by atoms with Crippen LogP contribution in [0.3, 0.4) is 0 Å². The van der Waals surface area contributed by atoms with Gasteiger partial charge in [-0.3, -0.25) is 10.1 Å². The Labute approximate surface area is 93.4 Å². The van der Waals surface area contributed by atoms with Crippen molar-refractivity contribution in [1.29, 1.82) is 0 Å². The van der Waals surface area contributed by atoms with E-state index in [-0.39, 0.29) is 11.8 Å². The van der Waals surface area contributed by atoms with Crippen LogP contribution in [0.1, 0.15) is 5.69 Å². The summed E-state index contributed by atoms with van der Waals surface area (Å²) in [7, 11) is 1.53. The normalized spacial score (nSPS) is 15.4. The molecule has 0 aliphatic carbocycles. The molecule has 86 valence electrons. The average Bonchev–Trinajstić information content (AvgIpc) is 2.13. The van der Waals surface area contributed by atoms with Crippen molar-refractivity contribution in [2.24, 2.45) is 5.92 Å². The molecule has 6 heteroatoms. The molecule has 1 aliphatic heterocycles. The van der Waals surface area contributed by atoms with Crippen LogP contribution in [0.4, 0.5) is 5.95 Å². The number of aromatic nitrogens is 2. The summed E-state index contributed by atoms with van der Waals surface area (Å²) in [6.45, 7) is 3.26. The third-order valence-corrected chi connectivity index (χ3v) is 2.43. The summed E-state index contributed by atoms with van der Waals surface area (Å²) in [5, 5.41) is 5.71. The number of aryl methyl sites for hydroxylation is 1. The molecule has 1 aromatic rings. The van der Waals surface area contributed by atoms with Gasteiger partial charge < -0.3 is 10.1 Å². The van der Waals surface area contributed by atoms with Gasteiger partial charge in [-0.15, -0.1) is 0 Å². The van der Waals surface area contributed by atoms with Crippen LogP contribution in [0.2, 0.25) is 0 Å². The molecule has 0 atom stereocenters. The Kier molecular flexibility index (Phi) is 3.00. The molecule has 16 heavy (non-hydrogen) atoms. The maximum absolute atomic E-state index is 11.6. The number of nitrogens with zero attached hydrogens (tertiary/aromatic N) is 2. The second kappa shape index (κ2) is 4.44. The molecule has 1 aliphatic rings. The second-order valence-corrected chi connectivity index (χ2v) is 3.72. The highest BCUT2D eigenvalue weighted by atomic mass is 16.5. The number of amides is 1. The number of methoxy groups -OCH3 is 1. The lowest BCUT2D eigenvalue weighted by atomic mass is 10.0. The largest absolute Gasteiger partial charge is 0.481 e. The van der Waals surface area contributed by atoms with Crippen LogP contribution in [0.25, 0.3) is 0 Å². The quantitative estimate of drug-likeness (QED) is 0.750. The summed E-state index contributed by atoms with van der Waals surface area (Å²) in [4.78, 5) is 19.8. The van der Waals surface area contributed by atoms with E-state index in [4.69, 9.17) is 4.74 Å². The number of nitrogens with one attached hydrogen (secondary N) is 2. The van der Waals surface area contributed by atoms with Crippen LogP contribution < -0.4 is 15.4 Å². The van der Waals surface area contributed by atoms with Gasteiger partial charge in [0, 0.05) is 24.8 Å². The average molecular weight is 222 g/mol. The minimum absolute atomic E-state index is 0.0232. The first-order valence-electron chi connectivity index (χ1n) is 5.10. The predicted octanol–water partition coefficient (Wildman–Crippen LogP) is -0.0485. The Bertz CT molecular complexity index is 404. The third-order valence-electron chi connectivity index (χ3n) is 2.43. The summed E-state index contributed by atoms with van der Waals surface area (Å²) in [5.41, 5.74) is 0.758. The fourth-order valence-electron chi connectivity index (χ4n) is 1.39. The van der Waals surface area contributed by atoms with Gasteiger partial charge in [0.15, 0.2) is 0 Å². The van der Waals surface area contributed by atoms with E-state index in [1.54, 1.807) is 6.07 Å². The molecule has 2 rings (SSSR count). The molecule has 0 aromatic carbocycles. The summed E-state index contributed by atoms with van der Waals surface area (Å²) >= 11 is 0. The lowest BCUT2D eigenvalue weighted by Crippen LogP contribution is -2.48. The van der Waals surface area contributed by atoms with Crippen LogP contribution in [0, 0.1) is 12.8 Å². The smallest absolute Gasteiger partial charge is 0.232 e. The number of rotatable bonds is 3. The lowest BCUT2D eigenvalue weighted by molar-refractivity contribution is -0.121. The van der Waals surface area contributed by atoms with E-state index in [1.165, 1.54) is 7.11 Å². The summed E-state index contributed by atoms with van der Waals surface area (Å²) < 4.78 is 5.00. The minimum atomic E-state index is -0.0496. The number of carbonyl (C=O) groups excluding carboxylic acids is 1. The van der Waals surface area contributed by atoms with E-state index in [0.717, 1.165) is 18.8 Å². The van der Waals surface area contributed by atoms with Crippen molar-refractivity contribution >= 4 is 11.9 Å². The van der Waals surface area contributed by atoms with E-state index in [0.29, 0.717) is 11.8 Å². The fourth-order valence-corrected chi connectivity index (χ4v) is 1.39. The van der Waals surface area contributed by atoms with Crippen molar-refractivity contribution in [2.45, 2.75) is 6.92 Å². The molecular formula is C10H14N4O2. The Morgan fingerprint density at radius 1 is 1.56 bits per heavy atom. The van der Waals surface area contributed by atoms with Gasteiger partial charge in [-0.1, -0.05) is 0 Å². The predicted molar refractivity (Wildman–Crippen MR) is 58.3 cm³/mol. The SMILES string of the molecule is COc1cc(C)nc(NC(=O)C2CNC2)n1. The molecule has 1 fully saturated rings. The van der Waals surface area contributed by atoms with Gasteiger partial charge in [0.25, 0.3) is 0 Å². The van der Waals surface area contributed by atoms with Crippen molar-refractivity contribution < 1.29 is 9.53 Å². The monoisotopic (exact) mass is 222 g/mol. The standard InChI is InChI=1S/C10H14N4O2/c1-6-3-8(16-2)13-10(12-6)14-9(15)7-4-11-5-7/h3,7,11H,4-5H2,1-2H3,(H,12,13,14,15). The molecular weight excluding hydrogens is 208 g/mol. The van der Waals surface area contributed by atoms with E-state index in [9.17, 15) is 4.79 Å². The molecule has 0 unspecified atom stereocenters. The minimum Gasteiger partial charge on any atom is -0.481 e. The van der Waals surface area contributed by atoms with Gasteiger partial charge in [0.05, 0.1) is 13.0 Å². The van der Waals surface area contributed by atoms with Gasteiger partial charge in [-0.2, -0.15) is 4.98 Å². The number of hydrogen-bond acceptors (Lipinski definition) is 5. The Balaban J connectivity index is 2.07. The van der Waals surface area contributed by atoms with E-state index < -0.39 is 0 Å². The van der Waals surface area contributed by atoms with Crippen LogP contribution in [-0.4, -0.2) is 36.1 Å².